The van der Waals surface area contributed by atoms with E-state index in [9.17, 15) is 0 Å². The summed E-state index contributed by atoms with van der Waals surface area (Å²) in [5, 5.41) is 8.31. The normalized spacial score (nSPS) is 13.9. The highest BCUT2D eigenvalue weighted by molar-refractivity contribution is 5.05. The van der Waals surface area contributed by atoms with Crippen molar-refractivity contribution in [2.24, 2.45) is 11.7 Å². The van der Waals surface area contributed by atoms with Gasteiger partial charge in [0.25, 0.3) is 0 Å². The van der Waals surface area contributed by atoms with E-state index >= 15 is 0 Å². The molecule has 1 rings (SSSR count). The Bertz CT molecular complexity index is 324. The molecule has 2 N–H and O–H groups in total. The molecule has 17 heavy (non-hydrogen) atoms. The van der Waals surface area contributed by atoms with E-state index in [1.165, 1.54) is 25.7 Å². The molecule has 1 heterocycles. The molecule has 1 aromatic heterocycles. The van der Waals surface area contributed by atoms with Crippen molar-refractivity contribution in [2.75, 3.05) is 0 Å². The zero-order valence-corrected chi connectivity index (χ0v) is 11.6. The van der Waals surface area contributed by atoms with Crippen LogP contribution < -0.4 is 5.73 Å². The monoisotopic (exact) mass is 238 g/mol. The van der Waals surface area contributed by atoms with Gasteiger partial charge in [-0.15, -0.1) is 5.10 Å². The highest BCUT2D eigenvalue weighted by Gasteiger charge is 2.18. The minimum absolute atomic E-state index is 0.399. The molecule has 1 unspecified atom stereocenters. The summed E-state index contributed by atoms with van der Waals surface area (Å²) in [7, 11) is 0. The average Bonchev–Trinajstić information content (AvgIpc) is 2.72. The van der Waals surface area contributed by atoms with Gasteiger partial charge in [-0.05, 0) is 26.2 Å². The summed E-state index contributed by atoms with van der Waals surface area (Å²) in [4.78, 5) is 0. The van der Waals surface area contributed by atoms with Crippen LogP contribution in [0.5, 0.6) is 0 Å². The molecule has 0 aliphatic heterocycles. The van der Waals surface area contributed by atoms with Crippen LogP contribution in [0.1, 0.15) is 59.1 Å². The second-order valence-electron chi connectivity index (χ2n) is 5.46. The van der Waals surface area contributed by atoms with Crippen LogP contribution in [0.25, 0.3) is 0 Å². The largest absolute Gasteiger partial charge is 0.320 e. The summed E-state index contributed by atoms with van der Waals surface area (Å²) in [6, 6.07) is 0. The van der Waals surface area contributed by atoms with E-state index < -0.39 is 5.54 Å². The van der Waals surface area contributed by atoms with Crippen molar-refractivity contribution in [1.82, 2.24) is 15.0 Å². The van der Waals surface area contributed by atoms with E-state index in [0.717, 1.165) is 12.2 Å². The first kappa shape index (κ1) is 14.2. The quantitative estimate of drug-likeness (QED) is 0.794. The molecule has 0 amide bonds. The summed E-state index contributed by atoms with van der Waals surface area (Å²) in [6.07, 6.45) is 7.00. The first-order chi connectivity index (χ1) is 7.97. The van der Waals surface area contributed by atoms with E-state index in [1.54, 1.807) is 0 Å². The standard InChI is InChI=1S/C13H26N4/c1-5-7-8-11(6-2)9-17-10-12(15-16-17)13(3,4)14/h10-11H,5-9,14H2,1-4H3. The van der Waals surface area contributed by atoms with Crippen molar-refractivity contribution in [3.05, 3.63) is 11.9 Å². The predicted molar refractivity (Wildman–Crippen MR) is 70.5 cm³/mol. The van der Waals surface area contributed by atoms with Crippen LogP contribution >= 0.6 is 0 Å². The van der Waals surface area contributed by atoms with E-state index in [-0.39, 0.29) is 0 Å². The molecule has 4 nitrogen and oxygen atoms in total. The number of nitrogens with zero attached hydrogens (tertiary/aromatic N) is 3. The fraction of sp³-hybridized carbons (Fsp3) is 0.846. The molecule has 98 valence electrons. The maximum absolute atomic E-state index is 6.00. The van der Waals surface area contributed by atoms with Crippen molar-refractivity contribution in [3.8, 4) is 0 Å². The van der Waals surface area contributed by atoms with Crippen molar-refractivity contribution in [3.63, 3.8) is 0 Å². The molecule has 0 saturated heterocycles. The molecule has 1 aromatic rings. The molecule has 4 heteroatoms. The lowest BCUT2D eigenvalue weighted by Crippen LogP contribution is -2.29. The summed E-state index contributed by atoms with van der Waals surface area (Å²) in [6.45, 7) is 9.34. The Morgan fingerprint density at radius 1 is 1.41 bits per heavy atom. The molecule has 0 saturated carbocycles. The van der Waals surface area contributed by atoms with Crippen molar-refractivity contribution in [2.45, 2.75) is 65.5 Å². The molecule has 0 aliphatic rings. The van der Waals surface area contributed by atoms with Gasteiger partial charge in [0.2, 0.25) is 0 Å². The van der Waals surface area contributed by atoms with Gasteiger partial charge < -0.3 is 5.73 Å². The molecular formula is C13H26N4. The van der Waals surface area contributed by atoms with Crippen molar-refractivity contribution >= 4 is 0 Å². The van der Waals surface area contributed by atoms with Gasteiger partial charge in [0.05, 0.1) is 11.7 Å². The zero-order valence-electron chi connectivity index (χ0n) is 11.6. The van der Waals surface area contributed by atoms with Crippen LogP contribution in [0.15, 0.2) is 6.20 Å². The Kier molecular flexibility index (Phi) is 5.12. The Labute approximate surface area is 105 Å². The smallest absolute Gasteiger partial charge is 0.102 e. The number of nitrogens with two attached hydrogens (primary N) is 1. The summed E-state index contributed by atoms with van der Waals surface area (Å²) >= 11 is 0. The van der Waals surface area contributed by atoms with Crippen LogP contribution in [-0.2, 0) is 12.1 Å². The SMILES string of the molecule is CCCCC(CC)Cn1cc(C(C)(C)N)nn1. The van der Waals surface area contributed by atoms with E-state index in [4.69, 9.17) is 5.73 Å². The number of hydrogen-bond donors (Lipinski definition) is 1. The van der Waals surface area contributed by atoms with Gasteiger partial charge in [-0.1, -0.05) is 38.3 Å². The third-order valence-corrected chi connectivity index (χ3v) is 3.19. The lowest BCUT2D eigenvalue weighted by molar-refractivity contribution is 0.368. The zero-order chi connectivity index (χ0) is 12.9. The second kappa shape index (κ2) is 6.15. The lowest BCUT2D eigenvalue weighted by atomic mass is 9.99. The third-order valence-electron chi connectivity index (χ3n) is 3.19. The topological polar surface area (TPSA) is 56.7 Å². The molecule has 0 bridgehead atoms. The fourth-order valence-corrected chi connectivity index (χ4v) is 1.86. The highest BCUT2D eigenvalue weighted by atomic mass is 15.4. The minimum atomic E-state index is -0.399. The first-order valence-electron chi connectivity index (χ1n) is 6.66. The Morgan fingerprint density at radius 2 is 2.12 bits per heavy atom. The molecule has 0 aromatic carbocycles. The van der Waals surface area contributed by atoms with Crippen LogP contribution in [0.4, 0.5) is 0 Å². The maximum Gasteiger partial charge on any atom is 0.102 e. The predicted octanol–water partition coefficient (Wildman–Crippen LogP) is 2.69. The molecule has 0 fully saturated rings. The number of aromatic nitrogens is 3. The lowest BCUT2D eigenvalue weighted by Gasteiger charge is -2.15. The molecular weight excluding hydrogens is 212 g/mol. The van der Waals surface area contributed by atoms with Gasteiger partial charge in [-0.2, -0.15) is 0 Å². The molecule has 1 atom stereocenters. The van der Waals surface area contributed by atoms with E-state index in [1.807, 2.05) is 24.7 Å². The first-order valence-corrected chi connectivity index (χ1v) is 6.66. The van der Waals surface area contributed by atoms with Crippen LogP contribution in [0.3, 0.4) is 0 Å². The Balaban J connectivity index is 2.58. The molecule has 0 aliphatic carbocycles. The Morgan fingerprint density at radius 3 is 2.59 bits per heavy atom. The summed E-state index contributed by atoms with van der Waals surface area (Å²) < 4.78 is 1.94. The summed E-state index contributed by atoms with van der Waals surface area (Å²) in [5.74, 6) is 0.699. The minimum Gasteiger partial charge on any atom is -0.320 e. The Hall–Kier alpha value is -0.900. The van der Waals surface area contributed by atoms with E-state index in [0.29, 0.717) is 5.92 Å². The fourth-order valence-electron chi connectivity index (χ4n) is 1.86. The number of hydrogen-bond acceptors (Lipinski definition) is 3. The number of unbranched alkanes of at least 4 members (excludes halogenated alkanes) is 1. The maximum atomic E-state index is 6.00. The van der Waals surface area contributed by atoms with Gasteiger partial charge in [-0.3, -0.25) is 4.68 Å². The van der Waals surface area contributed by atoms with Crippen LogP contribution in [0.2, 0.25) is 0 Å². The highest BCUT2D eigenvalue weighted by Crippen LogP contribution is 2.17. The van der Waals surface area contributed by atoms with Gasteiger partial charge in [0, 0.05) is 6.54 Å². The van der Waals surface area contributed by atoms with Gasteiger partial charge in [0.1, 0.15) is 5.69 Å². The number of rotatable bonds is 7. The summed E-state index contributed by atoms with van der Waals surface area (Å²) in [5.41, 5.74) is 6.46. The van der Waals surface area contributed by atoms with Gasteiger partial charge in [-0.25, -0.2) is 0 Å². The van der Waals surface area contributed by atoms with Crippen LogP contribution in [-0.4, -0.2) is 15.0 Å². The second-order valence-corrected chi connectivity index (χ2v) is 5.46. The van der Waals surface area contributed by atoms with Crippen molar-refractivity contribution in [1.29, 1.82) is 0 Å². The molecule has 0 radical (unpaired) electrons. The van der Waals surface area contributed by atoms with Crippen LogP contribution in [0, 0.1) is 5.92 Å². The van der Waals surface area contributed by atoms with Gasteiger partial charge >= 0.3 is 0 Å². The van der Waals surface area contributed by atoms with E-state index in [2.05, 4.69) is 24.2 Å². The average molecular weight is 238 g/mol. The molecule has 0 spiro atoms. The van der Waals surface area contributed by atoms with Crippen molar-refractivity contribution < 1.29 is 0 Å². The third kappa shape index (κ3) is 4.46. The van der Waals surface area contributed by atoms with Gasteiger partial charge in [0.15, 0.2) is 0 Å².